The first-order valence-electron chi connectivity index (χ1n) is 7.46. The second-order valence-electron chi connectivity index (χ2n) is 5.37. The minimum absolute atomic E-state index is 0.211. The highest BCUT2D eigenvalue weighted by molar-refractivity contribution is 7.22. The van der Waals surface area contributed by atoms with E-state index in [1.165, 1.54) is 24.1 Å². The van der Waals surface area contributed by atoms with Gasteiger partial charge in [0.2, 0.25) is 0 Å². The Kier molecular flexibility index (Phi) is 5.41. The monoisotopic (exact) mass is 426 g/mol. The van der Waals surface area contributed by atoms with Crippen molar-refractivity contribution in [3.63, 3.8) is 0 Å². The highest BCUT2D eigenvalue weighted by Gasteiger charge is 2.18. The van der Waals surface area contributed by atoms with Crippen LogP contribution >= 0.6 is 34.5 Å². The van der Waals surface area contributed by atoms with Gasteiger partial charge in [0.15, 0.2) is 5.58 Å². The van der Waals surface area contributed by atoms with E-state index < -0.39 is 17.6 Å². The SMILES string of the molecule is COC(=O)c1cc2sc(NC(=O)N(C)c3ccc(Cl)c(Cl)c3)cc2oc1=O. The largest absolute Gasteiger partial charge is 0.465 e. The number of carbonyl (C=O) groups is 2. The normalized spacial score (nSPS) is 10.7. The Morgan fingerprint density at radius 3 is 2.59 bits per heavy atom. The van der Waals surface area contributed by atoms with Gasteiger partial charge < -0.3 is 9.15 Å². The summed E-state index contributed by atoms with van der Waals surface area (Å²) in [5, 5.41) is 3.85. The molecule has 10 heteroatoms. The summed E-state index contributed by atoms with van der Waals surface area (Å²) in [5.74, 6) is -0.788. The summed E-state index contributed by atoms with van der Waals surface area (Å²) in [6.07, 6.45) is 0. The summed E-state index contributed by atoms with van der Waals surface area (Å²) >= 11 is 13.0. The number of ether oxygens (including phenoxy) is 1. The van der Waals surface area contributed by atoms with Crippen LogP contribution in [0.25, 0.3) is 10.3 Å². The van der Waals surface area contributed by atoms with Crippen LogP contribution < -0.4 is 15.8 Å². The first-order chi connectivity index (χ1) is 12.8. The van der Waals surface area contributed by atoms with E-state index in [9.17, 15) is 14.4 Å². The fourth-order valence-corrected chi connectivity index (χ4v) is 3.44. The molecule has 2 heterocycles. The fourth-order valence-electron chi connectivity index (χ4n) is 2.23. The molecule has 7 nitrogen and oxygen atoms in total. The Morgan fingerprint density at radius 1 is 1.19 bits per heavy atom. The van der Waals surface area contributed by atoms with Gasteiger partial charge in [-0.1, -0.05) is 23.2 Å². The van der Waals surface area contributed by atoms with E-state index >= 15 is 0 Å². The number of hydrogen-bond acceptors (Lipinski definition) is 6. The number of urea groups is 1. The third kappa shape index (κ3) is 3.92. The smallest absolute Gasteiger partial charge is 0.351 e. The third-order valence-electron chi connectivity index (χ3n) is 3.65. The van der Waals surface area contributed by atoms with Gasteiger partial charge in [-0.3, -0.25) is 10.2 Å². The van der Waals surface area contributed by atoms with Gasteiger partial charge in [0.05, 0.1) is 21.9 Å². The maximum absolute atomic E-state index is 12.5. The number of methoxy groups -OCH3 is 1. The van der Waals surface area contributed by atoms with Gasteiger partial charge >= 0.3 is 17.6 Å². The van der Waals surface area contributed by atoms with Crippen LogP contribution in [0.3, 0.4) is 0 Å². The third-order valence-corrected chi connectivity index (χ3v) is 5.37. The number of esters is 1. The highest BCUT2D eigenvalue weighted by atomic mass is 35.5. The van der Waals surface area contributed by atoms with Crippen LogP contribution in [-0.2, 0) is 4.74 Å². The van der Waals surface area contributed by atoms with Crippen LogP contribution in [0.2, 0.25) is 10.0 Å². The molecular formula is C17H12Cl2N2O5S. The first kappa shape index (κ1) is 19.2. The molecule has 1 N–H and O–H groups in total. The molecule has 27 heavy (non-hydrogen) atoms. The van der Waals surface area contributed by atoms with E-state index in [-0.39, 0.29) is 11.1 Å². The molecular weight excluding hydrogens is 415 g/mol. The van der Waals surface area contributed by atoms with E-state index in [1.54, 1.807) is 25.2 Å². The molecule has 0 atom stereocenters. The minimum atomic E-state index is -0.807. The molecule has 2 amide bonds. The van der Waals surface area contributed by atoms with Gasteiger partial charge in [0, 0.05) is 18.8 Å². The summed E-state index contributed by atoms with van der Waals surface area (Å²) in [5.41, 5.74) is -0.219. The van der Waals surface area contributed by atoms with Crippen molar-refractivity contribution in [1.82, 2.24) is 0 Å². The zero-order chi connectivity index (χ0) is 19.7. The van der Waals surface area contributed by atoms with Crippen LogP contribution in [0.4, 0.5) is 15.5 Å². The van der Waals surface area contributed by atoms with Crippen molar-refractivity contribution in [3.05, 3.63) is 56.4 Å². The second kappa shape index (κ2) is 7.59. The quantitative estimate of drug-likeness (QED) is 0.617. The topological polar surface area (TPSA) is 88.8 Å². The molecule has 0 spiro atoms. The van der Waals surface area contributed by atoms with Gasteiger partial charge in [-0.2, -0.15) is 0 Å². The van der Waals surface area contributed by atoms with Crippen LogP contribution in [0.5, 0.6) is 0 Å². The lowest BCUT2D eigenvalue weighted by Gasteiger charge is -2.17. The summed E-state index contributed by atoms with van der Waals surface area (Å²) < 4.78 is 10.2. The molecule has 0 radical (unpaired) electrons. The highest BCUT2D eigenvalue weighted by Crippen LogP contribution is 2.31. The number of halogens is 2. The van der Waals surface area contributed by atoms with Crippen molar-refractivity contribution in [2.45, 2.75) is 0 Å². The van der Waals surface area contributed by atoms with E-state index in [2.05, 4.69) is 10.1 Å². The Balaban J connectivity index is 1.85. The molecule has 140 valence electrons. The van der Waals surface area contributed by atoms with Crippen molar-refractivity contribution >= 4 is 67.5 Å². The zero-order valence-electron chi connectivity index (χ0n) is 14.0. The molecule has 0 unspecified atom stereocenters. The average molecular weight is 427 g/mol. The van der Waals surface area contributed by atoms with Gasteiger partial charge in [-0.05, 0) is 24.3 Å². The lowest BCUT2D eigenvalue weighted by atomic mass is 10.3. The van der Waals surface area contributed by atoms with Crippen molar-refractivity contribution < 1.29 is 18.7 Å². The van der Waals surface area contributed by atoms with Crippen molar-refractivity contribution in [1.29, 1.82) is 0 Å². The number of benzene rings is 1. The molecule has 3 aromatic rings. The Labute approximate surface area is 167 Å². The van der Waals surface area contributed by atoms with Crippen LogP contribution in [-0.4, -0.2) is 26.2 Å². The summed E-state index contributed by atoms with van der Waals surface area (Å²) in [6, 6.07) is 7.25. The fraction of sp³-hybridized carbons (Fsp3) is 0.118. The molecule has 3 rings (SSSR count). The Hall–Kier alpha value is -2.55. The number of thiophene rings is 1. The predicted molar refractivity (Wildman–Crippen MR) is 106 cm³/mol. The van der Waals surface area contributed by atoms with E-state index in [4.69, 9.17) is 27.6 Å². The molecule has 0 saturated carbocycles. The van der Waals surface area contributed by atoms with Crippen LogP contribution in [0.1, 0.15) is 10.4 Å². The minimum Gasteiger partial charge on any atom is -0.465 e. The molecule has 0 bridgehead atoms. The number of amides is 2. The number of fused-ring (bicyclic) bond motifs is 1. The number of carbonyl (C=O) groups excluding carboxylic acids is 2. The number of hydrogen-bond donors (Lipinski definition) is 1. The summed E-state index contributed by atoms with van der Waals surface area (Å²) in [7, 11) is 2.74. The second-order valence-corrected chi connectivity index (χ2v) is 7.26. The standard InChI is InChI=1S/C17H12Cl2N2O5S/c1-21(8-3-4-10(18)11(19)5-8)17(24)20-14-7-12-13(27-14)6-9(15(22)25-2)16(23)26-12/h3-7H,1-2H3,(H,20,24). The zero-order valence-corrected chi connectivity index (χ0v) is 16.4. The van der Waals surface area contributed by atoms with Crippen molar-refractivity contribution in [2.75, 3.05) is 24.4 Å². The van der Waals surface area contributed by atoms with E-state index in [0.29, 0.717) is 25.4 Å². The molecule has 2 aromatic heterocycles. The van der Waals surface area contributed by atoms with Gasteiger partial charge in [-0.15, -0.1) is 11.3 Å². The summed E-state index contributed by atoms with van der Waals surface area (Å²) in [4.78, 5) is 37.2. The predicted octanol–water partition coefficient (Wildman–Crippen LogP) is 4.62. The molecule has 0 fully saturated rings. The van der Waals surface area contributed by atoms with E-state index in [1.807, 2.05) is 0 Å². The molecule has 0 aliphatic heterocycles. The van der Waals surface area contributed by atoms with Crippen LogP contribution in [0, 0.1) is 0 Å². The Bertz CT molecular complexity index is 1110. The number of nitrogens with zero attached hydrogens (tertiary/aromatic N) is 1. The lowest BCUT2D eigenvalue weighted by molar-refractivity contribution is 0.0596. The van der Waals surface area contributed by atoms with Crippen molar-refractivity contribution in [2.24, 2.45) is 0 Å². The van der Waals surface area contributed by atoms with Gasteiger partial charge in [0.25, 0.3) is 0 Å². The molecule has 1 aromatic carbocycles. The molecule has 0 aliphatic rings. The number of anilines is 2. The number of rotatable bonds is 3. The molecule has 0 aliphatic carbocycles. The van der Waals surface area contributed by atoms with Gasteiger partial charge in [-0.25, -0.2) is 14.4 Å². The Morgan fingerprint density at radius 2 is 1.93 bits per heavy atom. The van der Waals surface area contributed by atoms with E-state index in [0.717, 1.165) is 11.3 Å². The first-order valence-corrected chi connectivity index (χ1v) is 9.03. The summed E-state index contributed by atoms with van der Waals surface area (Å²) in [6.45, 7) is 0. The molecule has 0 saturated heterocycles. The van der Waals surface area contributed by atoms with Crippen molar-refractivity contribution in [3.8, 4) is 0 Å². The number of nitrogens with one attached hydrogen (secondary N) is 1. The maximum Gasteiger partial charge on any atom is 0.351 e. The van der Waals surface area contributed by atoms with Gasteiger partial charge in [0.1, 0.15) is 10.6 Å². The lowest BCUT2D eigenvalue weighted by Crippen LogP contribution is -2.30. The van der Waals surface area contributed by atoms with Crippen LogP contribution in [0.15, 0.2) is 39.5 Å². The maximum atomic E-state index is 12.5. The average Bonchev–Trinajstić information content (AvgIpc) is 3.02.